The normalized spacial score (nSPS) is 15.5. The Morgan fingerprint density at radius 2 is 1.36 bits per heavy atom. The van der Waals surface area contributed by atoms with Crippen LogP contribution in [0.5, 0.6) is 0 Å². The van der Waals surface area contributed by atoms with Crippen LogP contribution >= 0.6 is 0 Å². The van der Waals surface area contributed by atoms with E-state index in [1.165, 1.54) is 12.1 Å². The molecule has 15 heteroatoms. The summed E-state index contributed by atoms with van der Waals surface area (Å²) in [4.78, 5) is 87.0. The summed E-state index contributed by atoms with van der Waals surface area (Å²) in [5, 5.41) is 4.88. The van der Waals surface area contributed by atoms with Crippen LogP contribution in [0.3, 0.4) is 0 Å². The van der Waals surface area contributed by atoms with Crippen molar-refractivity contribution in [1.82, 2.24) is 10.2 Å². The first-order valence-corrected chi connectivity index (χ1v) is 16.5. The van der Waals surface area contributed by atoms with Crippen LogP contribution in [0, 0.1) is 0 Å². The van der Waals surface area contributed by atoms with Crippen molar-refractivity contribution < 1.29 is 57.2 Å². The lowest BCUT2D eigenvalue weighted by molar-refractivity contribution is -0.140. The van der Waals surface area contributed by atoms with E-state index in [-0.39, 0.29) is 60.8 Å². The van der Waals surface area contributed by atoms with Crippen molar-refractivity contribution in [2.45, 2.75) is 44.6 Å². The highest BCUT2D eigenvalue weighted by molar-refractivity contribution is 6.40. The molecule has 2 heterocycles. The number of rotatable bonds is 22. The molecule has 0 aliphatic carbocycles. The number of piperidine rings is 1. The van der Waals surface area contributed by atoms with Gasteiger partial charge in [-0.2, -0.15) is 0 Å². The van der Waals surface area contributed by atoms with Crippen molar-refractivity contribution >= 4 is 47.0 Å². The molecule has 2 N–H and O–H groups in total. The molecular weight excluding hydrogens is 654 g/mol. The highest BCUT2D eigenvalue weighted by atomic mass is 16.6. The van der Waals surface area contributed by atoms with E-state index in [9.17, 15) is 33.6 Å². The van der Waals surface area contributed by atoms with Gasteiger partial charge >= 0.3 is 5.97 Å². The number of esters is 1. The minimum atomic E-state index is -1.08. The van der Waals surface area contributed by atoms with Gasteiger partial charge in [0.25, 0.3) is 17.6 Å². The number of nitrogens with zero attached hydrogens (tertiary/aromatic N) is 1. The van der Waals surface area contributed by atoms with Gasteiger partial charge in [0.05, 0.1) is 63.1 Å². The summed E-state index contributed by atoms with van der Waals surface area (Å²) in [6.07, 6.45) is 2.36. The number of hydrogen-bond donors (Lipinski definition) is 2. The van der Waals surface area contributed by atoms with Crippen LogP contribution in [-0.4, -0.2) is 112 Å². The van der Waals surface area contributed by atoms with Crippen molar-refractivity contribution in [3.63, 3.8) is 0 Å². The molecule has 2 aromatic carbocycles. The first-order valence-electron chi connectivity index (χ1n) is 16.5. The summed E-state index contributed by atoms with van der Waals surface area (Å²) in [5.74, 6) is -4.39. The Morgan fingerprint density at radius 1 is 0.720 bits per heavy atom. The predicted molar refractivity (Wildman–Crippen MR) is 175 cm³/mol. The molecule has 1 unspecified atom stereocenters. The number of Topliss-reactive ketones (excluding diaryl/α,β-unsaturated/α-hetero) is 1. The van der Waals surface area contributed by atoms with Gasteiger partial charge in [0.1, 0.15) is 12.6 Å². The number of amides is 5. The molecule has 50 heavy (non-hydrogen) atoms. The molecule has 4 rings (SSSR count). The number of ketones is 1. The molecule has 0 saturated carbocycles. The average molecular weight is 696 g/mol. The Bertz CT molecular complexity index is 1530. The zero-order chi connectivity index (χ0) is 35.7. The van der Waals surface area contributed by atoms with E-state index in [1.54, 1.807) is 36.4 Å². The number of unbranched alkanes of at least 4 members (excludes halogenated alkanes) is 2. The highest BCUT2D eigenvalue weighted by Crippen LogP contribution is 2.32. The van der Waals surface area contributed by atoms with Crippen molar-refractivity contribution in [1.29, 1.82) is 0 Å². The van der Waals surface area contributed by atoms with Crippen LogP contribution < -0.4 is 10.6 Å². The van der Waals surface area contributed by atoms with Gasteiger partial charge in [-0.1, -0.05) is 42.8 Å². The van der Waals surface area contributed by atoms with Crippen molar-refractivity contribution in [2.75, 3.05) is 64.8 Å². The van der Waals surface area contributed by atoms with Crippen LogP contribution in [0.2, 0.25) is 0 Å². The van der Waals surface area contributed by atoms with E-state index in [0.29, 0.717) is 52.7 Å². The third-order valence-corrected chi connectivity index (χ3v) is 7.73. The van der Waals surface area contributed by atoms with E-state index in [0.717, 1.165) is 17.7 Å². The maximum atomic E-state index is 13.2. The van der Waals surface area contributed by atoms with Gasteiger partial charge in [-0.3, -0.25) is 39.0 Å². The van der Waals surface area contributed by atoms with Gasteiger partial charge in [-0.25, -0.2) is 4.79 Å². The number of carbonyl (C=O) groups is 7. The highest BCUT2D eigenvalue weighted by Gasteiger charge is 2.45. The number of nitrogens with one attached hydrogen (secondary N) is 2. The fourth-order valence-corrected chi connectivity index (χ4v) is 5.23. The fourth-order valence-electron chi connectivity index (χ4n) is 5.23. The Hall–Kier alpha value is -4.83. The van der Waals surface area contributed by atoms with E-state index in [2.05, 4.69) is 10.6 Å². The monoisotopic (exact) mass is 695 g/mol. The summed E-state index contributed by atoms with van der Waals surface area (Å²) < 4.78 is 26.7. The third kappa shape index (κ3) is 11.1. The van der Waals surface area contributed by atoms with Gasteiger partial charge in [0, 0.05) is 25.0 Å². The minimum absolute atomic E-state index is 0.0214. The molecule has 1 atom stereocenters. The van der Waals surface area contributed by atoms with Crippen molar-refractivity contribution in [2.24, 2.45) is 0 Å². The standard InChI is InChI=1S/C35H41N3O12/c39-28(36-26-11-7-10-25-30(26)34(44)38(33(25)43)27-13-14-29(40)37-32(27)42)12-5-2-6-15-46-16-17-47-18-19-48-20-21-49-22-23-50-35(45)31(41)24-8-3-1-4-9-24/h1,3-4,7-11,27H,2,5-6,12-23H2,(H,36,39)(H,37,40,42). The fraction of sp³-hybridized carbons (Fsp3) is 0.457. The molecule has 2 aliphatic rings. The summed E-state index contributed by atoms with van der Waals surface area (Å²) >= 11 is 0. The Balaban J connectivity index is 0.958. The summed E-state index contributed by atoms with van der Waals surface area (Å²) in [6.45, 7) is 2.83. The predicted octanol–water partition coefficient (Wildman–Crippen LogP) is 2.08. The van der Waals surface area contributed by atoms with Gasteiger partial charge in [0.2, 0.25) is 17.7 Å². The van der Waals surface area contributed by atoms with Crippen LogP contribution in [0.4, 0.5) is 5.69 Å². The molecule has 0 radical (unpaired) electrons. The first kappa shape index (κ1) is 38.0. The molecule has 0 bridgehead atoms. The molecule has 15 nitrogen and oxygen atoms in total. The van der Waals surface area contributed by atoms with E-state index in [4.69, 9.17) is 23.7 Å². The van der Waals surface area contributed by atoms with Crippen LogP contribution in [0.15, 0.2) is 48.5 Å². The number of imide groups is 2. The zero-order valence-corrected chi connectivity index (χ0v) is 27.6. The summed E-state index contributed by atoms with van der Waals surface area (Å²) in [6, 6.07) is 11.7. The topological polar surface area (TPSA) is 193 Å². The zero-order valence-electron chi connectivity index (χ0n) is 27.6. The van der Waals surface area contributed by atoms with Gasteiger partial charge in [-0.05, 0) is 31.4 Å². The van der Waals surface area contributed by atoms with Gasteiger partial charge in [-0.15, -0.1) is 0 Å². The number of fused-ring (bicyclic) bond motifs is 1. The van der Waals surface area contributed by atoms with E-state index in [1.807, 2.05) is 0 Å². The van der Waals surface area contributed by atoms with E-state index < -0.39 is 41.4 Å². The molecule has 2 aliphatic heterocycles. The molecule has 0 aromatic heterocycles. The molecule has 2 aromatic rings. The molecule has 1 saturated heterocycles. The molecule has 0 spiro atoms. The van der Waals surface area contributed by atoms with Crippen LogP contribution in [0.1, 0.15) is 69.6 Å². The van der Waals surface area contributed by atoms with Crippen LogP contribution in [0.25, 0.3) is 0 Å². The Labute approximate surface area is 288 Å². The number of carbonyl (C=O) groups excluding carboxylic acids is 7. The van der Waals surface area contributed by atoms with Gasteiger partial charge < -0.3 is 29.0 Å². The lowest BCUT2D eigenvalue weighted by Gasteiger charge is -2.27. The average Bonchev–Trinajstić information content (AvgIpc) is 3.37. The minimum Gasteiger partial charge on any atom is -0.457 e. The molecule has 268 valence electrons. The molecule has 5 amide bonds. The lowest BCUT2D eigenvalue weighted by atomic mass is 10.0. The molecular formula is C35H41N3O12. The lowest BCUT2D eigenvalue weighted by Crippen LogP contribution is -2.54. The second-order valence-corrected chi connectivity index (χ2v) is 11.3. The Morgan fingerprint density at radius 3 is 2.02 bits per heavy atom. The first-order chi connectivity index (χ1) is 24.3. The maximum Gasteiger partial charge on any atom is 0.379 e. The number of anilines is 1. The van der Waals surface area contributed by atoms with Gasteiger partial charge in [0.15, 0.2) is 0 Å². The second-order valence-electron chi connectivity index (χ2n) is 11.3. The number of ether oxygens (including phenoxy) is 5. The van der Waals surface area contributed by atoms with Crippen LogP contribution in [-0.2, 0) is 42.9 Å². The molecule has 1 fully saturated rings. The van der Waals surface area contributed by atoms with Crippen molar-refractivity contribution in [3.8, 4) is 0 Å². The second kappa shape index (κ2) is 20.0. The smallest absolute Gasteiger partial charge is 0.379 e. The number of hydrogen-bond acceptors (Lipinski definition) is 12. The quantitative estimate of drug-likeness (QED) is 0.0600. The SMILES string of the molecule is O=C1CCC(N2C(=O)c3cccc(NC(=O)CCCCCOCCOCCOCCOCCOC(=O)C(=O)c4ccccc4)c3C2=O)C(=O)N1. The Kier molecular flexibility index (Phi) is 15.2. The summed E-state index contributed by atoms with van der Waals surface area (Å²) in [7, 11) is 0. The summed E-state index contributed by atoms with van der Waals surface area (Å²) in [5.41, 5.74) is 0.622. The third-order valence-electron chi connectivity index (χ3n) is 7.73. The largest absolute Gasteiger partial charge is 0.457 e. The maximum absolute atomic E-state index is 13.2. The van der Waals surface area contributed by atoms with Crippen molar-refractivity contribution in [3.05, 3.63) is 65.2 Å². The number of benzene rings is 2. The van der Waals surface area contributed by atoms with E-state index >= 15 is 0 Å².